The van der Waals surface area contributed by atoms with Gasteiger partial charge in [-0.3, -0.25) is 9.59 Å². The van der Waals surface area contributed by atoms with Gasteiger partial charge in [0.15, 0.2) is 0 Å². The van der Waals surface area contributed by atoms with Crippen LogP contribution < -0.4 is 11.5 Å². The van der Waals surface area contributed by atoms with Crippen molar-refractivity contribution in [3.8, 4) is 0 Å². The van der Waals surface area contributed by atoms with Gasteiger partial charge in [0, 0.05) is 12.8 Å². The topological polar surface area (TPSA) is 152 Å². The van der Waals surface area contributed by atoms with Crippen molar-refractivity contribution in [1.82, 2.24) is 9.97 Å². The first-order chi connectivity index (χ1) is 10.4. The molecule has 0 aromatic carbocycles. The molecule has 0 aliphatic carbocycles. The molecule has 6 N–H and O–H groups in total. The summed E-state index contributed by atoms with van der Waals surface area (Å²) in [5.74, 6) is -0.704. The molecule has 8 heteroatoms. The molecule has 0 saturated carbocycles. The maximum Gasteiger partial charge on any atom is 0.303 e. The summed E-state index contributed by atoms with van der Waals surface area (Å²) < 4.78 is 0. The van der Waals surface area contributed by atoms with E-state index in [1.807, 2.05) is 0 Å². The molecule has 1 rings (SSSR count). The Kier molecular flexibility index (Phi) is 11.0. The van der Waals surface area contributed by atoms with Crippen LogP contribution in [0.15, 0.2) is 12.4 Å². The van der Waals surface area contributed by atoms with Crippen LogP contribution in [0.25, 0.3) is 0 Å². The molecule has 0 bridgehead atoms. The van der Waals surface area contributed by atoms with Gasteiger partial charge in [-0.2, -0.15) is 0 Å². The molecule has 0 aliphatic rings. The van der Waals surface area contributed by atoms with Crippen molar-refractivity contribution < 1.29 is 19.8 Å². The number of rotatable bonds is 9. The Bertz CT molecular complexity index is 396. The first kappa shape index (κ1) is 19.6. The standard InChI is InChI=1S/C10H18O4.C4H6N4/c11-9(12)7-5-3-1-2-4-6-8-10(13)14;5-3-1-7-4(6)2-8-3/h1-8H2,(H,11,12)(H,13,14);1-2H,(H2,6,7)(H2,5,8). The van der Waals surface area contributed by atoms with E-state index in [1.54, 1.807) is 0 Å². The number of carboxylic acids is 2. The van der Waals surface area contributed by atoms with Crippen molar-refractivity contribution in [2.45, 2.75) is 51.4 Å². The number of carbonyl (C=O) groups is 2. The van der Waals surface area contributed by atoms with E-state index in [1.165, 1.54) is 12.4 Å². The minimum atomic E-state index is -0.740. The van der Waals surface area contributed by atoms with Gasteiger partial charge in [-0.25, -0.2) is 9.97 Å². The SMILES string of the molecule is Nc1cnc(N)cn1.O=C(O)CCCCCCCCC(=O)O. The van der Waals surface area contributed by atoms with Gasteiger partial charge < -0.3 is 21.7 Å². The van der Waals surface area contributed by atoms with Gasteiger partial charge in [0.25, 0.3) is 0 Å². The molecule has 8 nitrogen and oxygen atoms in total. The maximum atomic E-state index is 10.1. The van der Waals surface area contributed by atoms with E-state index in [-0.39, 0.29) is 12.8 Å². The molecule has 0 fully saturated rings. The number of nitrogen functional groups attached to an aromatic ring is 2. The van der Waals surface area contributed by atoms with Gasteiger partial charge in [-0.1, -0.05) is 25.7 Å². The summed E-state index contributed by atoms with van der Waals surface area (Å²) in [6.45, 7) is 0. The van der Waals surface area contributed by atoms with Crippen LogP contribution in [0.5, 0.6) is 0 Å². The summed E-state index contributed by atoms with van der Waals surface area (Å²) >= 11 is 0. The Morgan fingerprint density at radius 1 is 0.773 bits per heavy atom. The number of nitrogens with zero attached hydrogens (tertiary/aromatic N) is 2. The zero-order valence-corrected chi connectivity index (χ0v) is 12.6. The highest BCUT2D eigenvalue weighted by Gasteiger charge is 1.98. The molecule has 0 spiro atoms. The van der Waals surface area contributed by atoms with Gasteiger partial charge in [-0.05, 0) is 12.8 Å². The predicted octanol–water partition coefficient (Wildman–Crippen LogP) is 1.92. The van der Waals surface area contributed by atoms with Crippen LogP contribution in [-0.4, -0.2) is 32.1 Å². The van der Waals surface area contributed by atoms with Crippen LogP contribution >= 0.6 is 0 Å². The summed E-state index contributed by atoms with van der Waals surface area (Å²) in [7, 11) is 0. The average Bonchev–Trinajstić information content (AvgIpc) is 2.45. The fourth-order valence-electron chi connectivity index (χ4n) is 1.61. The zero-order chi connectivity index (χ0) is 16.8. The lowest BCUT2D eigenvalue weighted by molar-refractivity contribution is -0.138. The highest BCUT2D eigenvalue weighted by molar-refractivity contribution is 5.66. The Hall–Kier alpha value is -2.38. The van der Waals surface area contributed by atoms with Crippen LogP contribution in [0.3, 0.4) is 0 Å². The lowest BCUT2D eigenvalue weighted by atomic mass is 10.1. The van der Waals surface area contributed by atoms with Gasteiger partial charge in [0.1, 0.15) is 11.6 Å². The molecule has 0 radical (unpaired) electrons. The van der Waals surface area contributed by atoms with Crippen molar-refractivity contribution in [2.75, 3.05) is 11.5 Å². The van der Waals surface area contributed by atoms with E-state index in [0.717, 1.165) is 38.5 Å². The van der Waals surface area contributed by atoms with Crippen LogP contribution in [0.2, 0.25) is 0 Å². The molecular formula is C14H24N4O4. The molecule has 0 amide bonds. The van der Waals surface area contributed by atoms with Crippen LogP contribution in [0.4, 0.5) is 11.6 Å². The summed E-state index contributed by atoms with van der Waals surface area (Å²) in [4.78, 5) is 27.6. The minimum absolute atomic E-state index is 0.245. The molecule has 0 atom stereocenters. The molecule has 22 heavy (non-hydrogen) atoms. The number of aromatic nitrogens is 2. The average molecular weight is 312 g/mol. The van der Waals surface area contributed by atoms with Crippen molar-refractivity contribution in [1.29, 1.82) is 0 Å². The largest absolute Gasteiger partial charge is 0.481 e. The highest BCUT2D eigenvalue weighted by Crippen LogP contribution is 2.08. The third-order valence-corrected chi connectivity index (χ3v) is 2.72. The van der Waals surface area contributed by atoms with Crippen LogP contribution in [-0.2, 0) is 9.59 Å². The van der Waals surface area contributed by atoms with E-state index in [9.17, 15) is 9.59 Å². The van der Waals surface area contributed by atoms with E-state index in [4.69, 9.17) is 21.7 Å². The molecule has 1 aromatic heterocycles. The summed E-state index contributed by atoms with van der Waals surface area (Å²) in [5, 5.41) is 16.7. The molecule has 0 aliphatic heterocycles. The van der Waals surface area contributed by atoms with E-state index in [0.29, 0.717) is 11.6 Å². The molecular weight excluding hydrogens is 288 g/mol. The lowest BCUT2D eigenvalue weighted by Gasteiger charge is -1.98. The third-order valence-electron chi connectivity index (χ3n) is 2.72. The summed E-state index contributed by atoms with van der Waals surface area (Å²) in [5.41, 5.74) is 10.4. The number of anilines is 2. The Labute approximate surface area is 129 Å². The molecule has 0 saturated heterocycles. The van der Waals surface area contributed by atoms with Crippen molar-refractivity contribution in [2.24, 2.45) is 0 Å². The number of aliphatic carboxylic acids is 2. The monoisotopic (exact) mass is 312 g/mol. The van der Waals surface area contributed by atoms with E-state index >= 15 is 0 Å². The second kappa shape index (κ2) is 12.4. The quantitative estimate of drug-likeness (QED) is 0.504. The third kappa shape index (κ3) is 14.0. The van der Waals surface area contributed by atoms with Gasteiger partial charge in [0.05, 0.1) is 12.4 Å². The van der Waals surface area contributed by atoms with E-state index in [2.05, 4.69) is 9.97 Å². The zero-order valence-electron chi connectivity index (χ0n) is 12.6. The number of unbranched alkanes of at least 4 members (excludes halogenated alkanes) is 5. The van der Waals surface area contributed by atoms with Crippen LogP contribution in [0.1, 0.15) is 51.4 Å². The number of hydrogen-bond acceptors (Lipinski definition) is 6. The fourth-order valence-corrected chi connectivity index (χ4v) is 1.61. The first-order valence-corrected chi connectivity index (χ1v) is 7.18. The number of nitrogens with two attached hydrogens (primary N) is 2. The Morgan fingerprint density at radius 3 is 1.36 bits per heavy atom. The highest BCUT2D eigenvalue weighted by atomic mass is 16.4. The van der Waals surface area contributed by atoms with Gasteiger partial charge in [0.2, 0.25) is 0 Å². The van der Waals surface area contributed by atoms with Crippen molar-refractivity contribution in [3.05, 3.63) is 12.4 Å². The number of hydrogen-bond donors (Lipinski definition) is 4. The van der Waals surface area contributed by atoms with E-state index < -0.39 is 11.9 Å². The summed E-state index contributed by atoms with van der Waals surface area (Å²) in [6.07, 6.45) is 8.65. The minimum Gasteiger partial charge on any atom is -0.481 e. The fraction of sp³-hybridized carbons (Fsp3) is 0.571. The predicted molar refractivity (Wildman–Crippen MR) is 83.1 cm³/mol. The van der Waals surface area contributed by atoms with Gasteiger partial charge in [-0.15, -0.1) is 0 Å². The van der Waals surface area contributed by atoms with Gasteiger partial charge >= 0.3 is 11.9 Å². The second-order valence-corrected chi connectivity index (χ2v) is 4.77. The number of carboxylic acid groups (broad SMARTS) is 2. The Morgan fingerprint density at radius 2 is 1.09 bits per heavy atom. The molecule has 0 unspecified atom stereocenters. The smallest absolute Gasteiger partial charge is 0.303 e. The first-order valence-electron chi connectivity index (χ1n) is 7.18. The van der Waals surface area contributed by atoms with Crippen LogP contribution in [0, 0.1) is 0 Å². The van der Waals surface area contributed by atoms with Crippen molar-refractivity contribution >= 4 is 23.6 Å². The molecule has 124 valence electrons. The lowest BCUT2D eigenvalue weighted by Crippen LogP contribution is -1.94. The normalized spacial score (nSPS) is 9.64. The second-order valence-electron chi connectivity index (χ2n) is 4.77. The molecule has 1 heterocycles. The maximum absolute atomic E-state index is 10.1. The molecule has 1 aromatic rings. The summed E-state index contributed by atoms with van der Waals surface area (Å²) in [6, 6.07) is 0. The van der Waals surface area contributed by atoms with Crippen molar-refractivity contribution in [3.63, 3.8) is 0 Å². The Balaban J connectivity index is 0.000000461.